The van der Waals surface area contributed by atoms with Gasteiger partial charge in [0.25, 0.3) is 0 Å². The molecule has 0 spiro atoms. The molecule has 1 fully saturated rings. The average molecular weight is 421 g/mol. The van der Waals surface area contributed by atoms with Crippen LogP contribution < -0.4 is 10.6 Å². The zero-order valence-electron chi connectivity index (χ0n) is 13.3. The third-order valence-electron chi connectivity index (χ3n) is 4.19. The molecule has 0 aromatic carbocycles. The summed E-state index contributed by atoms with van der Waals surface area (Å²) >= 11 is 1.76. The fourth-order valence-electron chi connectivity index (χ4n) is 2.88. The second-order valence-electron chi connectivity index (χ2n) is 6.02. The van der Waals surface area contributed by atoms with E-state index in [1.165, 1.54) is 31.2 Å². The van der Waals surface area contributed by atoms with Crippen LogP contribution in [0.15, 0.2) is 21.8 Å². The van der Waals surface area contributed by atoms with Crippen LogP contribution in [0.25, 0.3) is 0 Å². The van der Waals surface area contributed by atoms with Crippen molar-refractivity contribution in [2.24, 2.45) is 10.9 Å². The van der Waals surface area contributed by atoms with Crippen molar-refractivity contribution in [3.8, 4) is 0 Å². The lowest BCUT2D eigenvalue weighted by Gasteiger charge is -2.29. The van der Waals surface area contributed by atoms with Crippen LogP contribution in [-0.2, 0) is 0 Å². The lowest BCUT2D eigenvalue weighted by atomic mass is 9.87. The molecule has 1 saturated carbocycles. The molecule has 1 aliphatic carbocycles. The lowest BCUT2D eigenvalue weighted by molar-refractivity contribution is 0.324. The fraction of sp³-hybridized carbons (Fsp3) is 0.688. The van der Waals surface area contributed by atoms with E-state index in [0.29, 0.717) is 12.0 Å². The largest absolute Gasteiger partial charge is 0.356 e. The van der Waals surface area contributed by atoms with Crippen molar-refractivity contribution < 1.29 is 0 Å². The highest BCUT2D eigenvalue weighted by molar-refractivity contribution is 14.0. The van der Waals surface area contributed by atoms with Gasteiger partial charge < -0.3 is 10.6 Å². The van der Waals surface area contributed by atoms with Crippen molar-refractivity contribution in [1.29, 1.82) is 0 Å². The minimum Gasteiger partial charge on any atom is -0.356 e. The second-order valence-corrected chi connectivity index (χ2v) is 6.80. The van der Waals surface area contributed by atoms with Gasteiger partial charge in [0.15, 0.2) is 5.96 Å². The third-order valence-corrected chi connectivity index (χ3v) is 4.89. The molecule has 2 rings (SSSR count). The molecule has 0 radical (unpaired) electrons. The number of hydrogen-bond donors (Lipinski definition) is 2. The predicted molar refractivity (Wildman–Crippen MR) is 104 cm³/mol. The smallest absolute Gasteiger partial charge is 0.191 e. The first kappa shape index (κ1) is 18.7. The molecule has 0 saturated heterocycles. The van der Waals surface area contributed by atoms with E-state index in [0.717, 1.165) is 18.4 Å². The standard InChI is InChI=1S/C16H27N3S.HI/c1-12-5-4-6-15(9-12)19-16(17-3)18-10-13(2)14-7-8-20-11-14;/h7-8,11-13,15H,4-6,9-10H2,1-3H3,(H2,17,18,19);1H. The Bertz CT molecular complexity index is 419. The van der Waals surface area contributed by atoms with E-state index < -0.39 is 0 Å². The summed E-state index contributed by atoms with van der Waals surface area (Å²) in [6.45, 7) is 5.53. The van der Waals surface area contributed by atoms with Gasteiger partial charge in [-0.25, -0.2) is 0 Å². The van der Waals surface area contributed by atoms with E-state index in [9.17, 15) is 0 Å². The van der Waals surface area contributed by atoms with Crippen molar-refractivity contribution in [2.75, 3.05) is 13.6 Å². The first-order valence-corrected chi connectivity index (χ1v) is 8.62. The van der Waals surface area contributed by atoms with Crippen molar-refractivity contribution in [2.45, 2.75) is 51.5 Å². The van der Waals surface area contributed by atoms with Gasteiger partial charge in [0.2, 0.25) is 0 Å². The van der Waals surface area contributed by atoms with E-state index in [1.807, 2.05) is 7.05 Å². The molecule has 120 valence electrons. The number of halogens is 1. The van der Waals surface area contributed by atoms with Gasteiger partial charge in [0.05, 0.1) is 0 Å². The summed E-state index contributed by atoms with van der Waals surface area (Å²) < 4.78 is 0. The van der Waals surface area contributed by atoms with Gasteiger partial charge in [0.1, 0.15) is 0 Å². The van der Waals surface area contributed by atoms with Crippen LogP contribution in [0.1, 0.15) is 51.0 Å². The van der Waals surface area contributed by atoms with E-state index >= 15 is 0 Å². The number of nitrogens with one attached hydrogen (secondary N) is 2. The van der Waals surface area contributed by atoms with E-state index in [2.05, 4.69) is 46.3 Å². The molecule has 5 heteroatoms. The predicted octanol–water partition coefficient (Wildman–Crippen LogP) is 4.21. The molecule has 0 bridgehead atoms. The highest BCUT2D eigenvalue weighted by Crippen LogP contribution is 2.23. The number of nitrogens with zero attached hydrogens (tertiary/aromatic N) is 1. The minimum absolute atomic E-state index is 0. The molecule has 1 heterocycles. The fourth-order valence-corrected chi connectivity index (χ4v) is 3.66. The van der Waals surface area contributed by atoms with Crippen molar-refractivity contribution in [3.63, 3.8) is 0 Å². The van der Waals surface area contributed by atoms with Gasteiger partial charge in [-0.1, -0.05) is 26.7 Å². The summed E-state index contributed by atoms with van der Waals surface area (Å²) in [5, 5.41) is 11.4. The Morgan fingerprint density at radius 3 is 2.90 bits per heavy atom. The average Bonchev–Trinajstić information content (AvgIpc) is 2.97. The molecule has 1 aromatic rings. The maximum Gasteiger partial charge on any atom is 0.191 e. The van der Waals surface area contributed by atoms with Gasteiger partial charge in [-0.3, -0.25) is 4.99 Å². The number of rotatable bonds is 4. The zero-order chi connectivity index (χ0) is 14.4. The van der Waals surface area contributed by atoms with E-state index in [-0.39, 0.29) is 24.0 Å². The van der Waals surface area contributed by atoms with Gasteiger partial charge in [-0.05, 0) is 47.1 Å². The summed E-state index contributed by atoms with van der Waals surface area (Å²) in [5.41, 5.74) is 1.41. The number of aliphatic imine (C=N–C) groups is 1. The zero-order valence-corrected chi connectivity index (χ0v) is 16.4. The SMILES string of the molecule is CN=C(NCC(C)c1ccsc1)NC1CCCC(C)C1.I. The van der Waals surface area contributed by atoms with Gasteiger partial charge in [-0.15, -0.1) is 24.0 Å². The maximum absolute atomic E-state index is 4.36. The topological polar surface area (TPSA) is 36.4 Å². The highest BCUT2D eigenvalue weighted by Gasteiger charge is 2.19. The van der Waals surface area contributed by atoms with Gasteiger partial charge in [-0.2, -0.15) is 11.3 Å². The molecule has 21 heavy (non-hydrogen) atoms. The third kappa shape index (κ3) is 6.14. The molecule has 0 aliphatic heterocycles. The Balaban J connectivity index is 0.00000220. The molecule has 1 aliphatic rings. The molecule has 1 aromatic heterocycles. The summed E-state index contributed by atoms with van der Waals surface area (Å²) in [6.07, 6.45) is 5.24. The van der Waals surface area contributed by atoms with Gasteiger partial charge >= 0.3 is 0 Å². The summed E-state index contributed by atoms with van der Waals surface area (Å²) in [7, 11) is 1.86. The molecule has 3 nitrogen and oxygen atoms in total. The van der Waals surface area contributed by atoms with Crippen LogP contribution in [0.4, 0.5) is 0 Å². The minimum atomic E-state index is 0. The Hall–Kier alpha value is -0.300. The highest BCUT2D eigenvalue weighted by atomic mass is 127. The van der Waals surface area contributed by atoms with Crippen LogP contribution in [0.5, 0.6) is 0 Å². The monoisotopic (exact) mass is 421 g/mol. The van der Waals surface area contributed by atoms with Crippen molar-refractivity contribution >= 4 is 41.3 Å². The summed E-state index contributed by atoms with van der Waals surface area (Å²) in [5.74, 6) is 2.31. The summed E-state index contributed by atoms with van der Waals surface area (Å²) in [4.78, 5) is 4.36. The number of thiophene rings is 1. The van der Waals surface area contributed by atoms with E-state index in [1.54, 1.807) is 11.3 Å². The number of guanidine groups is 1. The lowest BCUT2D eigenvalue weighted by Crippen LogP contribution is -2.45. The van der Waals surface area contributed by atoms with Crippen LogP contribution in [0.3, 0.4) is 0 Å². The molecule has 3 atom stereocenters. The van der Waals surface area contributed by atoms with Crippen LogP contribution in [-0.4, -0.2) is 25.6 Å². The number of hydrogen-bond acceptors (Lipinski definition) is 2. The Labute approximate surface area is 150 Å². The van der Waals surface area contributed by atoms with E-state index in [4.69, 9.17) is 0 Å². The van der Waals surface area contributed by atoms with Crippen molar-refractivity contribution in [1.82, 2.24) is 10.6 Å². The van der Waals surface area contributed by atoms with Crippen LogP contribution in [0, 0.1) is 5.92 Å². The summed E-state index contributed by atoms with van der Waals surface area (Å²) in [6, 6.07) is 2.79. The quantitative estimate of drug-likeness (QED) is 0.434. The maximum atomic E-state index is 4.36. The molecule has 3 unspecified atom stereocenters. The molecule has 0 amide bonds. The van der Waals surface area contributed by atoms with Crippen LogP contribution in [0.2, 0.25) is 0 Å². The Morgan fingerprint density at radius 1 is 1.48 bits per heavy atom. The Kier molecular flexibility index (Phi) is 8.63. The van der Waals surface area contributed by atoms with Gasteiger partial charge in [0, 0.05) is 19.6 Å². The molecular weight excluding hydrogens is 393 g/mol. The normalized spacial score (nSPS) is 24.0. The first-order valence-electron chi connectivity index (χ1n) is 7.68. The van der Waals surface area contributed by atoms with Crippen LogP contribution >= 0.6 is 35.3 Å². The van der Waals surface area contributed by atoms with Crippen molar-refractivity contribution in [3.05, 3.63) is 22.4 Å². The first-order chi connectivity index (χ1) is 9.69. The second kappa shape index (κ2) is 9.66. The molecular formula is C16H28IN3S. The molecule has 2 N–H and O–H groups in total. The Morgan fingerprint density at radius 2 is 2.29 bits per heavy atom.